The molecular formula is C21H21N3O4S2. The summed E-state index contributed by atoms with van der Waals surface area (Å²) in [5.41, 5.74) is 2.25. The molecule has 0 unspecified atom stereocenters. The van der Waals surface area contributed by atoms with Crippen molar-refractivity contribution in [3.8, 4) is 16.5 Å². The number of hydrogen-bond acceptors (Lipinski definition) is 8. The Balaban J connectivity index is 1.72. The summed E-state index contributed by atoms with van der Waals surface area (Å²) < 4.78 is 10.5. The first-order valence-electron chi connectivity index (χ1n) is 9.01. The molecule has 1 aromatic carbocycles. The normalized spacial score (nSPS) is 10.5. The Bertz CT molecular complexity index is 1070. The number of hydrogen-bond donors (Lipinski definition) is 1. The SMILES string of the molecule is COc1ccc(C)cc1NC(=O)COC(=O)c1c(C)nc(-c2cccs2)nc1SC. The van der Waals surface area contributed by atoms with E-state index < -0.39 is 18.5 Å². The Kier molecular flexibility index (Phi) is 7.07. The van der Waals surface area contributed by atoms with Crippen molar-refractivity contribution in [2.45, 2.75) is 18.9 Å². The molecule has 0 spiro atoms. The summed E-state index contributed by atoms with van der Waals surface area (Å²) in [5.74, 6) is -0.0151. The summed E-state index contributed by atoms with van der Waals surface area (Å²) in [6.45, 7) is 3.20. The maximum atomic E-state index is 12.7. The molecule has 0 saturated heterocycles. The highest BCUT2D eigenvalue weighted by Gasteiger charge is 2.21. The summed E-state index contributed by atoms with van der Waals surface area (Å²) in [6, 6.07) is 9.26. The highest BCUT2D eigenvalue weighted by molar-refractivity contribution is 7.98. The van der Waals surface area contributed by atoms with Crippen molar-refractivity contribution in [3.05, 3.63) is 52.5 Å². The van der Waals surface area contributed by atoms with Crippen LogP contribution in [0.1, 0.15) is 21.6 Å². The number of amides is 1. The minimum absolute atomic E-state index is 0.267. The van der Waals surface area contributed by atoms with Gasteiger partial charge in [-0.15, -0.1) is 23.1 Å². The molecule has 3 rings (SSSR count). The van der Waals surface area contributed by atoms with Gasteiger partial charge in [-0.25, -0.2) is 14.8 Å². The molecule has 1 N–H and O–H groups in total. The van der Waals surface area contributed by atoms with Gasteiger partial charge in [0.05, 0.1) is 23.4 Å². The predicted molar refractivity (Wildman–Crippen MR) is 119 cm³/mol. The van der Waals surface area contributed by atoms with Crippen LogP contribution in [0.5, 0.6) is 5.75 Å². The summed E-state index contributed by atoms with van der Waals surface area (Å²) >= 11 is 2.85. The molecule has 1 amide bonds. The van der Waals surface area contributed by atoms with E-state index >= 15 is 0 Å². The van der Waals surface area contributed by atoms with Gasteiger partial charge in [0.15, 0.2) is 12.4 Å². The van der Waals surface area contributed by atoms with Crippen molar-refractivity contribution in [2.75, 3.05) is 25.3 Å². The maximum Gasteiger partial charge on any atom is 0.343 e. The first-order valence-corrected chi connectivity index (χ1v) is 11.1. The van der Waals surface area contributed by atoms with Gasteiger partial charge in [0.1, 0.15) is 16.3 Å². The minimum atomic E-state index is -0.638. The number of carbonyl (C=O) groups is 2. The van der Waals surface area contributed by atoms with Crippen LogP contribution in [-0.2, 0) is 9.53 Å². The van der Waals surface area contributed by atoms with E-state index in [9.17, 15) is 9.59 Å². The smallest absolute Gasteiger partial charge is 0.343 e. The Hall–Kier alpha value is -2.91. The molecule has 9 heteroatoms. The average Bonchev–Trinajstić information content (AvgIpc) is 3.26. The van der Waals surface area contributed by atoms with Gasteiger partial charge >= 0.3 is 5.97 Å². The van der Waals surface area contributed by atoms with Crippen LogP contribution in [0.25, 0.3) is 10.7 Å². The lowest BCUT2D eigenvalue weighted by Gasteiger charge is -2.13. The minimum Gasteiger partial charge on any atom is -0.495 e. The molecule has 0 atom stereocenters. The predicted octanol–water partition coefficient (Wildman–Crippen LogP) is 4.35. The third-order valence-corrected chi connectivity index (χ3v) is 5.71. The molecule has 0 fully saturated rings. The van der Waals surface area contributed by atoms with Crippen molar-refractivity contribution in [3.63, 3.8) is 0 Å². The zero-order valence-electron chi connectivity index (χ0n) is 17.0. The molecule has 0 aliphatic heterocycles. The number of methoxy groups -OCH3 is 1. The number of aromatic nitrogens is 2. The van der Waals surface area contributed by atoms with E-state index in [4.69, 9.17) is 9.47 Å². The number of nitrogens with zero attached hydrogens (tertiary/aromatic N) is 2. The monoisotopic (exact) mass is 443 g/mol. The topological polar surface area (TPSA) is 90.4 Å². The molecule has 2 heterocycles. The first-order chi connectivity index (χ1) is 14.4. The lowest BCUT2D eigenvalue weighted by Crippen LogP contribution is -2.22. The van der Waals surface area contributed by atoms with Crippen molar-refractivity contribution >= 4 is 40.7 Å². The van der Waals surface area contributed by atoms with Gasteiger partial charge in [0.2, 0.25) is 0 Å². The van der Waals surface area contributed by atoms with E-state index in [1.54, 1.807) is 19.1 Å². The zero-order valence-corrected chi connectivity index (χ0v) is 18.6. The highest BCUT2D eigenvalue weighted by Crippen LogP contribution is 2.28. The molecule has 0 aliphatic rings. The molecule has 7 nitrogen and oxygen atoms in total. The number of carbonyl (C=O) groups excluding carboxylic acids is 2. The summed E-state index contributed by atoms with van der Waals surface area (Å²) in [6.07, 6.45) is 1.83. The van der Waals surface area contributed by atoms with E-state index in [-0.39, 0.29) is 5.56 Å². The van der Waals surface area contributed by atoms with Crippen LogP contribution in [0.15, 0.2) is 40.7 Å². The third kappa shape index (κ3) is 4.98. The molecule has 0 aliphatic carbocycles. The first kappa shape index (κ1) is 21.8. The second kappa shape index (κ2) is 9.73. The average molecular weight is 444 g/mol. The Morgan fingerprint density at radius 1 is 1.20 bits per heavy atom. The molecule has 0 bridgehead atoms. The van der Waals surface area contributed by atoms with Crippen LogP contribution in [-0.4, -0.2) is 41.8 Å². The van der Waals surface area contributed by atoms with Gasteiger partial charge in [0.25, 0.3) is 5.91 Å². The van der Waals surface area contributed by atoms with Gasteiger partial charge in [-0.1, -0.05) is 12.1 Å². The second-order valence-electron chi connectivity index (χ2n) is 6.32. The summed E-state index contributed by atoms with van der Waals surface area (Å²) in [4.78, 5) is 34.8. The fourth-order valence-corrected chi connectivity index (χ4v) is 4.02. The number of thioether (sulfide) groups is 1. The Labute approximate surface area is 182 Å². The number of aryl methyl sites for hydroxylation is 2. The van der Waals surface area contributed by atoms with E-state index in [1.165, 1.54) is 30.2 Å². The third-order valence-electron chi connectivity index (χ3n) is 4.16. The molecule has 0 radical (unpaired) electrons. The maximum absolute atomic E-state index is 12.7. The molecule has 0 saturated carbocycles. The van der Waals surface area contributed by atoms with E-state index in [0.29, 0.717) is 28.0 Å². The largest absolute Gasteiger partial charge is 0.495 e. The van der Waals surface area contributed by atoms with Crippen LogP contribution in [0, 0.1) is 13.8 Å². The van der Waals surface area contributed by atoms with Gasteiger partial charge in [-0.3, -0.25) is 4.79 Å². The number of esters is 1. The summed E-state index contributed by atoms with van der Waals surface area (Å²) in [7, 11) is 1.52. The van der Waals surface area contributed by atoms with Crippen molar-refractivity contribution in [1.29, 1.82) is 0 Å². The Morgan fingerprint density at radius 3 is 2.67 bits per heavy atom. The van der Waals surface area contributed by atoms with Crippen LogP contribution in [0.4, 0.5) is 5.69 Å². The standard InChI is InChI=1S/C21H21N3O4S2/c1-12-7-8-15(27-3)14(10-12)23-17(25)11-28-21(26)18-13(2)22-19(24-20(18)29-4)16-6-5-9-30-16/h5-10H,11H2,1-4H3,(H,23,25). The number of rotatable bonds is 7. The molecule has 30 heavy (non-hydrogen) atoms. The van der Waals surface area contributed by atoms with E-state index in [2.05, 4.69) is 15.3 Å². The van der Waals surface area contributed by atoms with Crippen LogP contribution < -0.4 is 10.1 Å². The summed E-state index contributed by atoms with van der Waals surface area (Å²) in [5, 5.41) is 5.16. The van der Waals surface area contributed by atoms with Gasteiger partial charge in [-0.05, 0) is 49.2 Å². The quantitative estimate of drug-likeness (QED) is 0.330. The van der Waals surface area contributed by atoms with E-state index in [0.717, 1.165) is 10.4 Å². The lowest BCUT2D eigenvalue weighted by atomic mass is 10.2. The van der Waals surface area contributed by atoms with Gasteiger partial charge in [-0.2, -0.15) is 0 Å². The fraction of sp³-hybridized carbons (Fsp3) is 0.238. The van der Waals surface area contributed by atoms with Crippen LogP contribution in [0.2, 0.25) is 0 Å². The molecular weight excluding hydrogens is 422 g/mol. The van der Waals surface area contributed by atoms with Crippen molar-refractivity contribution in [2.24, 2.45) is 0 Å². The number of nitrogens with one attached hydrogen (secondary N) is 1. The number of anilines is 1. The Morgan fingerprint density at radius 2 is 2.00 bits per heavy atom. The number of thiophene rings is 1. The van der Waals surface area contributed by atoms with Gasteiger partial charge < -0.3 is 14.8 Å². The molecule has 2 aromatic heterocycles. The van der Waals surface area contributed by atoms with Gasteiger partial charge in [0, 0.05) is 0 Å². The van der Waals surface area contributed by atoms with Crippen molar-refractivity contribution < 1.29 is 19.1 Å². The van der Waals surface area contributed by atoms with Crippen LogP contribution >= 0.6 is 23.1 Å². The fourth-order valence-electron chi connectivity index (χ4n) is 2.75. The molecule has 3 aromatic rings. The van der Waals surface area contributed by atoms with Crippen LogP contribution in [0.3, 0.4) is 0 Å². The second-order valence-corrected chi connectivity index (χ2v) is 8.06. The zero-order chi connectivity index (χ0) is 21.7. The number of benzene rings is 1. The lowest BCUT2D eigenvalue weighted by molar-refractivity contribution is -0.119. The number of ether oxygens (including phenoxy) is 2. The van der Waals surface area contributed by atoms with Crippen molar-refractivity contribution in [1.82, 2.24) is 9.97 Å². The molecule has 156 valence electrons. The highest BCUT2D eigenvalue weighted by atomic mass is 32.2. The van der Waals surface area contributed by atoms with E-state index in [1.807, 2.05) is 36.8 Å².